The normalized spacial score (nSPS) is 15.7. The second kappa shape index (κ2) is 8.52. The van der Waals surface area contributed by atoms with Gasteiger partial charge in [-0.05, 0) is 93.3 Å². The number of anilines is 1. The summed E-state index contributed by atoms with van der Waals surface area (Å²) in [5.74, 6) is 0.341. The van der Waals surface area contributed by atoms with Crippen molar-refractivity contribution in [2.75, 3.05) is 24.5 Å². The van der Waals surface area contributed by atoms with Crippen molar-refractivity contribution in [3.63, 3.8) is 0 Å². The number of sulfonamides is 1. The maximum absolute atomic E-state index is 13.2. The van der Waals surface area contributed by atoms with E-state index in [1.807, 2.05) is 39.8 Å². The molecule has 0 aliphatic carbocycles. The van der Waals surface area contributed by atoms with E-state index < -0.39 is 10.0 Å². The van der Waals surface area contributed by atoms with Crippen molar-refractivity contribution < 1.29 is 8.42 Å². The minimum Gasteiger partial charge on any atom is -0.348 e. The Hall–Kier alpha value is -1.96. The summed E-state index contributed by atoms with van der Waals surface area (Å²) in [6.45, 7) is 12.2. The maximum Gasteiger partial charge on any atom is 0.241 e. The molecule has 0 radical (unpaired) electrons. The zero-order chi connectivity index (χ0) is 22.3. The Morgan fingerprint density at radius 2 is 1.55 bits per heavy atom. The smallest absolute Gasteiger partial charge is 0.241 e. The van der Waals surface area contributed by atoms with E-state index in [0.717, 1.165) is 58.8 Å². The molecule has 0 bridgehead atoms. The number of fused-ring (bicyclic) bond motifs is 1. The van der Waals surface area contributed by atoms with Crippen molar-refractivity contribution in [3.8, 4) is 0 Å². The SMILES string of the molecule is Cc1c(C)c(C)c(S(=O)(=O)NCC2CCN(c3nc4ccccc4s3)CC2)c(C)c1C. The molecule has 4 rings (SSSR count). The number of thiazole rings is 1. The summed E-state index contributed by atoms with van der Waals surface area (Å²) in [6.07, 6.45) is 1.92. The predicted octanol–water partition coefficient (Wildman–Crippen LogP) is 5.03. The Morgan fingerprint density at radius 3 is 2.16 bits per heavy atom. The molecule has 1 aliphatic heterocycles. The average Bonchev–Trinajstić information content (AvgIpc) is 3.19. The molecule has 2 heterocycles. The summed E-state index contributed by atoms with van der Waals surface area (Å²) in [7, 11) is -3.54. The van der Waals surface area contributed by atoms with Crippen molar-refractivity contribution in [1.82, 2.24) is 9.71 Å². The lowest BCUT2D eigenvalue weighted by atomic mass is 9.95. The molecule has 0 unspecified atom stereocenters. The van der Waals surface area contributed by atoms with Crippen LogP contribution in [0.25, 0.3) is 10.2 Å². The van der Waals surface area contributed by atoms with Crippen molar-refractivity contribution in [1.29, 1.82) is 0 Å². The van der Waals surface area contributed by atoms with Gasteiger partial charge in [-0.25, -0.2) is 18.1 Å². The van der Waals surface area contributed by atoms with Crippen LogP contribution in [0.5, 0.6) is 0 Å². The largest absolute Gasteiger partial charge is 0.348 e. The molecule has 31 heavy (non-hydrogen) atoms. The molecular weight excluding hydrogens is 426 g/mol. The monoisotopic (exact) mass is 457 g/mol. The Kier molecular flexibility index (Phi) is 6.12. The van der Waals surface area contributed by atoms with Gasteiger partial charge < -0.3 is 4.90 Å². The number of benzene rings is 2. The highest BCUT2D eigenvalue weighted by Crippen LogP contribution is 2.32. The lowest BCUT2D eigenvalue weighted by Crippen LogP contribution is -2.39. The predicted molar refractivity (Wildman–Crippen MR) is 130 cm³/mol. The summed E-state index contributed by atoms with van der Waals surface area (Å²) in [4.78, 5) is 7.55. The number of para-hydroxylation sites is 1. The molecule has 0 amide bonds. The highest BCUT2D eigenvalue weighted by Gasteiger charge is 2.26. The van der Waals surface area contributed by atoms with Crippen molar-refractivity contribution >= 4 is 36.7 Å². The molecular formula is C24H31N3O2S2. The van der Waals surface area contributed by atoms with E-state index in [0.29, 0.717) is 17.4 Å². The Balaban J connectivity index is 1.41. The number of nitrogens with zero attached hydrogens (tertiary/aromatic N) is 2. The Bertz CT molecular complexity index is 1160. The number of hydrogen-bond donors (Lipinski definition) is 1. The fraction of sp³-hybridized carbons (Fsp3) is 0.458. The topological polar surface area (TPSA) is 62.3 Å². The van der Waals surface area contributed by atoms with Crippen LogP contribution < -0.4 is 9.62 Å². The summed E-state index contributed by atoms with van der Waals surface area (Å²) >= 11 is 1.73. The van der Waals surface area contributed by atoms with Gasteiger partial charge in [-0.1, -0.05) is 23.5 Å². The van der Waals surface area contributed by atoms with Gasteiger partial charge in [0.15, 0.2) is 5.13 Å². The van der Waals surface area contributed by atoms with E-state index in [4.69, 9.17) is 4.98 Å². The zero-order valence-corrected chi connectivity index (χ0v) is 20.6. The van der Waals surface area contributed by atoms with E-state index in [-0.39, 0.29) is 0 Å². The molecule has 5 nitrogen and oxygen atoms in total. The van der Waals surface area contributed by atoms with Crippen LogP contribution in [0.3, 0.4) is 0 Å². The third-order valence-corrected chi connectivity index (χ3v) is 9.72. The molecule has 1 N–H and O–H groups in total. The van der Waals surface area contributed by atoms with Crippen LogP contribution in [0.15, 0.2) is 29.2 Å². The van der Waals surface area contributed by atoms with Crippen LogP contribution in [0, 0.1) is 40.5 Å². The van der Waals surface area contributed by atoms with Gasteiger partial charge in [-0.2, -0.15) is 0 Å². The second-order valence-corrected chi connectivity index (χ2v) is 11.4. The van der Waals surface area contributed by atoms with Crippen LogP contribution in [0.2, 0.25) is 0 Å². The molecule has 3 aromatic rings. The van der Waals surface area contributed by atoms with Crippen LogP contribution in [0.1, 0.15) is 40.7 Å². The lowest BCUT2D eigenvalue weighted by Gasteiger charge is -2.31. The highest BCUT2D eigenvalue weighted by molar-refractivity contribution is 7.89. The minimum absolute atomic E-state index is 0.341. The molecule has 166 valence electrons. The number of hydrogen-bond acceptors (Lipinski definition) is 5. The van der Waals surface area contributed by atoms with Crippen LogP contribution in [-0.4, -0.2) is 33.0 Å². The molecule has 7 heteroatoms. The molecule has 0 saturated carbocycles. The van der Waals surface area contributed by atoms with E-state index in [1.54, 1.807) is 11.3 Å². The van der Waals surface area contributed by atoms with Crippen molar-refractivity contribution in [2.24, 2.45) is 5.92 Å². The van der Waals surface area contributed by atoms with E-state index in [9.17, 15) is 8.42 Å². The number of nitrogens with one attached hydrogen (secondary N) is 1. The van der Waals surface area contributed by atoms with Gasteiger partial charge in [-0.3, -0.25) is 0 Å². The van der Waals surface area contributed by atoms with Crippen LogP contribution in [0.4, 0.5) is 5.13 Å². The second-order valence-electron chi connectivity index (χ2n) is 8.70. The third kappa shape index (κ3) is 4.23. The van der Waals surface area contributed by atoms with E-state index in [1.165, 1.54) is 10.3 Å². The zero-order valence-electron chi connectivity index (χ0n) is 18.9. The fourth-order valence-corrected chi connectivity index (χ4v) is 7.22. The standard InChI is InChI=1S/C24H31N3O2S2/c1-15-16(2)18(4)23(19(5)17(15)3)31(28,29)25-14-20-10-12-27(13-11-20)24-26-21-8-6-7-9-22(21)30-24/h6-9,20,25H,10-14H2,1-5H3. The van der Waals surface area contributed by atoms with Gasteiger partial charge in [-0.15, -0.1) is 0 Å². The van der Waals surface area contributed by atoms with Gasteiger partial charge in [0.1, 0.15) is 0 Å². The first kappa shape index (κ1) is 22.2. The molecule has 2 aromatic carbocycles. The Labute approximate surface area is 189 Å². The molecule has 0 atom stereocenters. The summed E-state index contributed by atoms with van der Waals surface area (Å²) in [6, 6.07) is 8.22. The molecule has 1 aromatic heterocycles. The average molecular weight is 458 g/mol. The van der Waals surface area contributed by atoms with Gasteiger partial charge in [0.25, 0.3) is 0 Å². The molecule has 1 aliphatic rings. The van der Waals surface area contributed by atoms with Gasteiger partial charge in [0, 0.05) is 19.6 Å². The fourth-order valence-electron chi connectivity index (χ4n) is 4.49. The van der Waals surface area contributed by atoms with Gasteiger partial charge >= 0.3 is 0 Å². The maximum atomic E-state index is 13.2. The highest BCUT2D eigenvalue weighted by atomic mass is 32.2. The number of aromatic nitrogens is 1. The van der Waals surface area contributed by atoms with E-state index >= 15 is 0 Å². The minimum atomic E-state index is -3.54. The summed E-state index contributed by atoms with van der Waals surface area (Å²) in [5.41, 5.74) is 6.07. The Morgan fingerprint density at radius 1 is 0.968 bits per heavy atom. The first-order valence-corrected chi connectivity index (χ1v) is 13.2. The van der Waals surface area contributed by atoms with Crippen LogP contribution in [-0.2, 0) is 10.0 Å². The summed E-state index contributed by atoms with van der Waals surface area (Å²) < 4.78 is 30.5. The first-order chi connectivity index (χ1) is 14.7. The van der Waals surface area contributed by atoms with Crippen LogP contribution >= 0.6 is 11.3 Å². The van der Waals surface area contributed by atoms with Gasteiger partial charge in [0.2, 0.25) is 10.0 Å². The quantitative estimate of drug-likeness (QED) is 0.583. The summed E-state index contributed by atoms with van der Waals surface area (Å²) in [5, 5.41) is 1.07. The number of piperidine rings is 1. The van der Waals surface area contributed by atoms with E-state index in [2.05, 4.69) is 28.7 Å². The molecule has 0 spiro atoms. The van der Waals surface area contributed by atoms with Crippen molar-refractivity contribution in [2.45, 2.75) is 52.4 Å². The molecule has 1 fully saturated rings. The first-order valence-electron chi connectivity index (χ1n) is 10.9. The molecule has 1 saturated heterocycles. The number of rotatable bonds is 5. The van der Waals surface area contributed by atoms with Crippen molar-refractivity contribution in [3.05, 3.63) is 52.1 Å². The van der Waals surface area contributed by atoms with Gasteiger partial charge in [0.05, 0.1) is 15.1 Å². The lowest BCUT2D eigenvalue weighted by molar-refractivity contribution is 0.402. The third-order valence-electron chi connectivity index (χ3n) is 6.93.